The van der Waals surface area contributed by atoms with Crippen LogP contribution >= 0.6 is 0 Å². The van der Waals surface area contributed by atoms with Gasteiger partial charge in [0, 0.05) is 38.8 Å². The molecule has 3 heterocycles. The summed E-state index contributed by atoms with van der Waals surface area (Å²) in [6.07, 6.45) is 5.96. The number of nitrogens with one attached hydrogen (secondary N) is 1. The van der Waals surface area contributed by atoms with Gasteiger partial charge in [-0.15, -0.1) is 0 Å². The third kappa shape index (κ3) is 3.59. The molecule has 4 heteroatoms. The van der Waals surface area contributed by atoms with Crippen LogP contribution < -0.4 is 5.32 Å². The smallest absolute Gasteiger partial charge is 0.117 e. The van der Waals surface area contributed by atoms with Gasteiger partial charge < -0.3 is 9.73 Å². The lowest BCUT2D eigenvalue weighted by Crippen LogP contribution is -2.55. The third-order valence-corrected chi connectivity index (χ3v) is 4.41. The van der Waals surface area contributed by atoms with Gasteiger partial charge in [-0.25, -0.2) is 0 Å². The number of nitrogens with zero attached hydrogens (tertiary/aromatic N) is 2. The first-order valence-corrected chi connectivity index (χ1v) is 7.61. The number of piperidine rings is 1. The topological polar surface area (TPSA) is 31.7 Å². The minimum atomic E-state index is 0.826. The monoisotopic (exact) mass is 263 g/mol. The number of piperazine rings is 1. The largest absolute Gasteiger partial charge is 0.468 e. The molecule has 2 saturated heterocycles. The molecule has 4 nitrogen and oxygen atoms in total. The van der Waals surface area contributed by atoms with E-state index in [1.54, 1.807) is 6.26 Å². The van der Waals surface area contributed by atoms with Crippen molar-refractivity contribution in [2.75, 3.05) is 39.3 Å². The Balaban J connectivity index is 1.34. The number of hydrogen-bond donors (Lipinski definition) is 1. The molecular weight excluding hydrogens is 238 g/mol. The van der Waals surface area contributed by atoms with Crippen LogP contribution in [-0.4, -0.2) is 55.1 Å². The van der Waals surface area contributed by atoms with Crippen LogP contribution in [0, 0.1) is 0 Å². The second-order valence-electron chi connectivity index (χ2n) is 5.74. The Kier molecular flexibility index (Phi) is 4.53. The van der Waals surface area contributed by atoms with Crippen LogP contribution in [-0.2, 0) is 6.54 Å². The number of hydrogen-bond acceptors (Lipinski definition) is 4. The fraction of sp³-hybridized carbons (Fsp3) is 0.733. The van der Waals surface area contributed by atoms with Crippen molar-refractivity contribution < 1.29 is 4.42 Å². The van der Waals surface area contributed by atoms with Crippen molar-refractivity contribution in [3.8, 4) is 0 Å². The number of rotatable bonds is 5. The molecule has 0 aromatic carbocycles. The fourth-order valence-corrected chi connectivity index (χ4v) is 3.29. The summed E-state index contributed by atoms with van der Waals surface area (Å²) in [6, 6.07) is 4.79. The second-order valence-corrected chi connectivity index (χ2v) is 5.74. The minimum Gasteiger partial charge on any atom is -0.468 e. The highest BCUT2D eigenvalue weighted by atomic mass is 16.3. The van der Waals surface area contributed by atoms with Crippen LogP contribution in [0.5, 0.6) is 0 Å². The zero-order chi connectivity index (χ0) is 12.9. The predicted octanol–water partition coefficient (Wildman–Crippen LogP) is 1.54. The predicted molar refractivity (Wildman–Crippen MR) is 76.1 cm³/mol. The van der Waals surface area contributed by atoms with Crippen molar-refractivity contribution >= 4 is 0 Å². The van der Waals surface area contributed by atoms with E-state index in [1.165, 1.54) is 45.4 Å². The first-order valence-electron chi connectivity index (χ1n) is 7.61. The summed E-state index contributed by atoms with van der Waals surface area (Å²) in [5.41, 5.74) is 0. The highest BCUT2D eigenvalue weighted by Crippen LogP contribution is 2.20. The van der Waals surface area contributed by atoms with E-state index >= 15 is 0 Å². The average Bonchev–Trinajstić information content (AvgIpc) is 2.97. The molecule has 19 heavy (non-hydrogen) atoms. The van der Waals surface area contributed by atoms with Crippen molar-refractivity contribution in [1.82, 2.24) is 15.1 Å². The molecule has 0 radical (unpaired) electrons. The summed E-state index contributed by atoms with van der Waals surface area (Å²) in [5, 5.41) is 3.46. The van der Waals surface area contributed by atoms with E-state index in [1.807, 2.05) is 12.1 Å². The molecule has 0 amide bonds. The lowest BCUT2D eigenvalue weighted by Gasteiger charge is -2.44. The molecule has 2 aliphatic rings. The molecule has 0 spiro atoms. The zero-order valence-electron chi connectivity index (χ0n) is 11.7. The van der Waals surface area contributed by atoms with E-state index in [0.29, 0.717) is 0 Å². The van der Waals surface area contributed by atoms with Gasteiger partial charge in [0.15, 0.2) is 0 Å². The Hall–Kier alpha value is -0.840. The summed E-state index contributed by atoms with van der Waals surface area (Å²) in [7, 11) is 0. The summed E-state index contributed by atoms with van der Waals surface area (Å²) in [6.45, 7) is 8.15. The molecule has 1 N–H and O–H groups in total. The molecular formula is C15H25N3O. The molecule has 106 valence electrons. The van der Waals surface area contributed by atoms with Gasteiger partial charge >= 0.3 is 0 Å². The third-order valence-electron chi connectivity index (χ3n) is 4.41. The molecule has 0 saturated carbocycles. The Morgan fingerprint density at radius 3 is 3.16 bits per heavy atom. The Labute approximate surface area is 115 Å². The van der Waals surface area contributed by atoms with E-state index in [0.717, 1.165) is 31.4 Å². The molecule has 1 aromatic heterocycles. The Morgan fingerprint density at radius 1 is 1.26 bits per heavy atom. The molecule has 1 aromatic rings. The highest BCUT2D eigenvalue weighted by molar-refractivity contribution is 4.97. The maximum absolute atomic E-state index is 5.31. The summed E-state index contributed by atoms with van der Waals surface area (Å²) >= 11 is 0. The van der Waals surface area contributed by atoms with Gasteiger partial charge in [0.25, 0.3) is 0 Å². The van der Waals surface area contributed by atoms with Gasteiger partial charge in [-0.1, -0.05) is 6.42 Å². The lowest BCUT2D eigenvalue weighted by atomic mass is 9.99. The van der Waals surface area contributed by atoms with E-state index in [2.05, 4.69) is 15.1 Å². The Morgan fingerprint density at radius 2 is 2.26 bits per heavy atom. The van der Waals surface area contributed by atoms with Crippen molar-refractivity contribution in [3.05, 3.63) is 24.2 Å². The van der Waals surface area contributed by atoms with Gasteiger partial charge in [-0.05, 0) is 31.5 Å². The van der Waals surface area contributed by atoms with Crippen LogP contribution in [0.15, 0.2) is 22.8 Å². The van der Waals surface area contributed by atoms with Crippen LogP contribution in [0.4, 0.5) is 0 Å². The second kappa shape index (κ2) is 6.55. The van der Waals surface area contributed by atoms with Gasteiger partial charge in [0.1, 0.15) is 5.76 Å². The van der Waals surface area contributed by atoms with Crippen molar-refractivity contribution in [3.63, 3.8) is 0 Å². The van der Waals surface area contributed by atoms with Crippen molar-refractivity contribution in [2.24, 2.45) is 0 Å². The highest BCUT2D eigenvalue weighted by Gasteiger charge is 2.28. The van der Waals surface area contributed by atoms with Gasteiger partial charge in [-0.2, -0.15) is 0 Å². The van der Waals surface area contributed by atoms with Crippen LogP contribution in [0.2, 0.25) is 0 Å². The van der Waals surface area contributed by atoms with Crippen molar-refractivity contribution in [2.45, 2.75) is 31.8 Å². The minimum absolute atomic E-state index is 0.826. The molecule has 3 rings (SSSR count). The van der Waals surface area contributed by atoms with E-state index < -0.39 is 0 Å². The zero-order valence-corrected chi connectivity index (χ0v) is 11.7. The quantitative estimate of drug-likeness (QED) is 0.817. The van der Waals surface area contributed by atoms with Crippen LogP contribution in [0.25, 0.3) is 0 Å². The molecule has 0 aliphatic carbocycles. The fourth-order valence-electron chi connectivity index (χ4n) is 3.29. The van der Waals surface area contributed by atoms with Crippen LogP contribution in [0.3, 0.4) is 0 Å². The summed E-state index contributed by atoms with van der Waals surface area (Å²) in [5.74, 6) is 1.03. The molecule has 1 unspecified atom stereocenters. The summed E-state index contributed by atoms with van der Waals surface area (Å²) < 4.78 is 5.31. The first kappa shape index (κ1) is 13.2. The number of fused-ring (bicyclic) bond motifs is 1. The Bertz CT molecular complexity index is 365. The normalized spacial score (nSPS) is 25.4. The summed E-state index contributed by atoms with van der Waals surface area (Å²) in [4.78, 5) is 5.30. The SMILES string of the molecule is c1coc(CNCCN2CCN3CCCCC3C2)c1. The molecule has 2 aliphatic heterocycles. The van der Waals surface area contributed by atoms with E-state index in [-0.39, 0.29) is 0 Å². The molecule has 1 atom stereocenters. The van der Waals surface area contributed by atoms with Gasteiger partial charge in [0.05, 0.1) is 12.8 Å². The molecule has 2 fully saturated rings. The maximum atomic E-state index is 5.31. The first-order chi connectivity index (χ1) is 9.42. The lowest BCUT2D eigenvalue weighted by molar-refractivity contribution is 0.0499. The van der Waals surface area contributed by atoms with Crippen molar-refractivity contribution in [1.29, 1.82) is 0 Å². The standard InChI is InChI=1S/C15H25N3O/c1-2-7-18-10-9-17(13-14(18)4-1)8-6-16-12-15-5-3-11-19-15/h3,5,11,14,16H,1-2,4,6-10,12-13H2. The van der Waals surface area contributed by atoms with Gasteiger partial charge in [-0.3, -0.25) is 9.80 Å². The maximum Gasteiger partial charge on any atom is 0.117 e. The van der Waals surface area contributed by atoms with E-state index in [4.69, 9.17) is 4.42 Å². The van der Waals surface area contributed by atoms with Crippen LogP contribution in [0.1, 0.15) is 25.0 Å². The molecule has 0 bridgehead atoms. The van der Waals surface area contributed by atoms with E-state index in [9.17, 15) is 0 Å². The average molecular weight is 263 g/mol. The van der Waals surface area contributed by atoms with Gasteiger partial charge in [0.2, 0.25) is 0 Å². The number of furan rings is 1.